The van der Waals surface area contributed by atoms with Gasteiger partial charge in [0, 0.05) is 42.5 Å². The van der Waals surface area contributed by atoms with Crippen molar-refractivity contribution in [1.29, 1.82) is 0 Å². The van der Waals surface area contributed by atoms with E-state index in [-0.39, 0.29) is 17.8 Å². The Kier molecular flexibility index (Phi) is 6.50. The molecule has 0 aliphatic carbocycles. The second kappa shape index (κ2) is 9.32. The predicted octanol–water partition coefficient (Wildman–Crippen LogP) is 3.13. The van der Waals surface area contributed by atoms with Crippen molar-refractivity contribution in [3.8, 4) is 11.8 Å². The molecule has 0 aromatic heterocycles. The van der Waals surface area contributed by atoms with Gasteiger partial charge in [-0.25, -0.2) is 4.39 Å². The number of hydrogen-bond donors (Lipinski definition) is 1. The Morgan fingerprint density at radius 1 is 1.19 bits per heavy atom. The molecule has 168 valence electrons. The highest BCUT2D eigenvalue weighted by Gasteiger charge is 2.28. The van der Waals surface area contributed by atoms with Gasteiger partial charge in [-0.05, 0) is 82.9 Å². The number of nitrogens with one attached hydrogen (secondary N) is 1. The number of fused-ring (bicyclic) bond motifs is 1. The molecule has 4 rings (SSSR count). The lowest BCUT2D eigenvalue weighted by molar-refractivity contribution is 0.0980. The van der Waals surface area contributed by atoms with Crippen LogP contribution in [0.15, 0.2) is 36.4 Å². The average molecular weight is 435 g/mol. The van der Waals surface area contributed by atoms with Crippen molar-refractivity contribution >= 4 is 17.3 Å². The molecule has 1 N–H and O–H groups in total. The van der Waals surface area contributed by atoms with Crippen LogP contribution < -0.4 is 15.1 Å². The zero-order valence-corrected chi connectivity index (χ0v) is 19.3. The van der Waals surface area contributed by atoms with E-state index in [1.165, 1.54) is 6.07 Å². The molecule has 2 aromatic carbocycles. The average Bonchev–Trinajstić information content (AvgIpc) is 3.28. The minimum Gasteiger partial charge on any atom is -0.368 e. The van der Waals surface area contributed by atoms with Crippen LogP contribution in [-0.2, 0) is 6.42 Å². The quantitative estimate of drug-likeness (QED) is 0.751. The van der Waals surface area contributed by atoms with E-state index in [9.17, 15) is 4.79 Å². The van der Waals surface area contributed by atoms with E-state index in [1.807, 2.05) is 44.3 Å². The van der Waals surface area contributed by atoms with E-state index in [0.29, 0.717) is 29.5 Å². The number of benzene rings is 2. The van der Waals surface area contributed by atoms with Gasteiger partial charge in [0.2, 0.25) is 0 Å². The number of hydrogen-bond acceptors (Lipinski definition) is 4. The van der Waals surface area contributed by atoms with E-state index in [0.717, 1.165) is 37.1 Å². The molecular formula is C26H31FN4O. The highest BCUT2D eigenvalue weighted by Crippen LogP contribution is 2.31. The maximum atomic E-state index is 15.0. The lowest BCUT2D eigenvalue weighted by Crippen LogP contribution is -2.37. The van der Waals surface area contributed by atoms with Crippen LogP contribution in [0.3, 0.4) is 0 Å². The second-order valence-electron chi connectivity index (χ2n) is 8.85. The van der Waals surface area contributed by atoms with Gasteiger partial charge in [0.05, 0.1) is 11.7 Å². The van der Waals surface area contributed by atoms with Crippen molar-refractivity contribution in [3.63, 3.8) is 0 Å². The third-order valence-electron chi connectivity index (χ3n) is 6.53. The van der Waals surface area contributed by atoms with Gasteiger partial charge in [-0.1, -0.05) is 11.8 Å². The van der Waals surface area contributed by atoms with Crippen LogP contribution in [0, 0.1) is 17.7 Å². The molecule has 1 saturated heterocycles. The summed E-state index contributed by atoms with van der Waals surface area (Å²) in [6, 6.07) is 11.4. The van der Waals surface area contributed by atoms with Crippen LogP contribution in [0.2, 0.25) is 0 Å². The molecule has 0 spiro atoms. The van der Waals surface area contributed by atoms with E-state index >= 15 is 4.39 Å². The molecule has 2 heterocycles. The summed E-state index contributed by atoms with van der Waals surface area (Å²) in [6.45, 7) is 4.19. The first-order valence-electron chi connectivity index (χ1n) is 11.2. The molecule has 0 bridgehead atoms. The Morgan fingerprint density at radius 2 is 2.00 bits per heavy atom. The summed E-state index contributed by atoms with van der Waals surface area (Å²) in [4.78, 5) is 19.1. The number of halogens is 1. The number of amides is 1. The highest BCUT2D eigenvalue weighted by molar-refractivity contribution is 6.08. The van der Waals surface area contributed by atoms with E-state index in [2.05, 4.69) is 41.1 Å². The summed E-state index contributed by atoms with van der Waals surface area (Å²) in [5.41, 5.74) is 3.79. The molecule has 6 heteroatoms. The first kappa shape index (κ1) is 22.3. The smallest absolute Gasteiger partial charge is 0.258 e. The van der Waals surface area contributed by atoms with Crippen molar-refractivity contribution in [2.24, 2.45) is 0 Å². The van der Waals surface area contributed by atoms with Crippen molar-refractivity contribution < 1.29 is 9.18 Å². The first-order valence-corrected chi connectivity index (χ1v) is 11.2. The highest BCUT2D eigenvalue weighted by atomic mass is 19.1. The summed E-state index contributed by atoms with van der Waals surface area (Å²) >= 11 is 0. The van der Waals surface area contributed by atoms with Gasteiger partial charge >= 0.3 is 0 Å². The largest absolute Gasteiger partial charge is 0.368 e. The summed E-state index contributed by atoms with van der Waals surface area (Å²) in [6.07, 6.45) is 1.74. The van der Waals surface area contributed by atoms with E-state index < -0.39 is 0 Å². The number of carbonyl (C=O) groups excluding carboxylic acids is 1. The molecule has 2 aromatic rings. The molecule has 5 nitrogen and oxygen atoms in total. The SMILES string of the molecule is CNC(C)C#Cc1ccc2c(c1)CCN(c1ccc(N3CC[C@@H](N(C)C)C3)c(F)c1)C2=O. The Labute approximate surface area is 190 Å². The Bertz CT molecular complexity index is 1070. The van der Waals surface area contributed by atoms with Crippen LogP contribution in [0.5, 0.6) is 0 Å². The molecule has 1 fully saturated rings. The van der Waals surface area contributed by atoms with Crippen molar-refractivity contribution in [1.82, 2.24) is 10.2 Å². The van der Waals surface area contributed by atoms with Crippen molar-refractivity contribution in [2.75, 3.05) is 50.6 Å². The van der Waals surface area contributed by atoms with Crippen LogP contribution in [-0.4, -0.2) is 63.7 Å². The molecule has 0 saturated carbocycles. The molecule has 1 unspecified atom stereocenters. The summed E-state index contributed by atoms with van der Waals surface area (Å²) in [5.74, 6) is 5.94. The number of carbonyl (C=O) groups is 1. The van der Waals surface area contributed by atoms with Crippen LogP contribution in [0.1, 0.15) is 34.8 Å². The van der Waals surface area contributed by atoms with Gasteiger partial charge in [0.15, 0.2) is 0 Å². The van der Waals surface area contributed by atoms with Gasteiger partial charge in [-0.2, -0.15) is 0 Å². The zero-order chi connectivity index (χ0) is 22.8. The Balaban J connectivity index is 1.52. The monoisotopic (exact) mass is 434 g/mol. The van der Waals surface area contributed by atoms with Gasteiger partial charge in [-0.15, -0.1) is 0 Å². The maximum absolute atomic E-state index is 15.0. The number of nitrogens with zero attached hydrogens (tertiary/aromatic N) is 3. The molecule has 2 atom stereocenters. The molecule has 32 heavy (non-hydrogen) atoms. The van der Waals surface area contributed by atoms with Crippen LogP contribution in [0.4, 0.5) is 15.8 Å². The lowest BCUT2D eigenvalue weighted by Gasteiger charge is -2.29. The van der Waals surface area contributed by atoms with E-state index in [1.54, 1.807) is 4.90 Å². The Morgan fingerprint density at radius 3 is 2.69 bits per heavy atom. The van der Waals surface area contributed by atoms with Gasteiger partial charge in [0.25, 0.3) is 5.91 Å². The second-order valence-corrected chi connectivity index (χ2v) is 8.85. The van der Waals surface area contributed by atoms with Crippen LogP contribution >= 0.6 is 0 Å². The molecule has 2 aliphatic rings. The predicted molar refractivity (Wildman–Crippen MR) is 128 cm³/mol. The fourth-order valence-electron chi connectivity index (χ4n) is 4.38. The normalized spacial score (nSPS) is 19.1. The fourth-order valence-corrected chi connectivity index (χ4v) is 4.38. The van der Waals surface area contributed by atoms with Gasteiger partial charge in [-0.3, -0.25) is 4.79 Å². The fraction of sp³-hybridized carbons (Fsp3) is 0.423. The summed E-state index contributed by atoms with van der Waals surface area (Å²) in [5, 5.41) is 3.09. The number of likely N-dealkylation sites (N-methyl/N-ethyl adjacent to an activating group) is 1. The Hall–Kier alpha value is -2.88. The van der Waals surface area contributed by atoms with E-state index in [4.69, 9.17) is 0 Å². The summed E-state index contributed by atoms with van der Waals surface area (Å²) in [7, 11) is 6.00. The minimum atomic E-state index is -0.273. The third-order valence-corrected chi connectivity index (χ3v) is 6.53. The standard InChI is InChI=1S/C26H31FN4O/c1-18(28-2)5-6-19-7-9-23-20(15-19)11-14-31(26(23)32)21-8-10-25(24(27)16-21)30-13-12-22(17-30)29(3)4/h7-10,15-16,18,22,28H,11-14,17H2,1-4H3/t18?,22-/m1/s1. The van der Waals surface area contributed by atoms with Crippen LogP contribution in [0.25, 0.3) is 0 Å². The molecular weight excluding hydrogens is 403 g/mol. The van der Waals surface area contributed by atoms with Gasteiger partial charge < -0.3 is 20.0 Å². The molecule has 0 radical (unpaired) electrons. The topological polar surface area (TPSA) is 38.8 Å². The zero-order valence-electron chi connectivity index (χ0n) is 19.3. The van der Waals surface area contributed by atoms with Crippen molar-refractivity contribution in [2.45, 2.75) is 31.8 Å². The minimum absolute atomic E-state index is 0.0876. The number of rotatable bonds is 4. The molecule has 2 aliphatic heterocycles. The third kappa shape index (κ3) is 4.50. The maximum Gasteiger partial charge on any atom is 0.258 e. The first-order chi connectivity index (χ1) is 15.4. The molecule has 1 amide bonds. The summed E-state index contributed by atoms with van der Waals surface area (Å²) < 4.78 is 15.0. The van der Waals surface area contributed by atoms with Gasteiger partial charge in [0.1, 0.15) is 5.82 Å². The lowest BCUT2D eigenvalue weighted by atomic mass is 9.96. The number of anilines is 2. The van der Waals surface area contributed by atoms with Crippen molar-refractivity contribution in [3.05, 3.63) is 58.9 Å².